The summed E-state index contributed by atoms with van der Waals surface area (Å²) in [7, 11) is 1.61. The van der Waals surface area contributed by atoms with Crippen molar-refractivity contribution >= 4 is 12.1 Å². The van der Waals surface area contributed by atoms with Gasteiger partial charge in [0.25, 0.3) is 5.91 Å². The number of carbonyl (C=O) groups is 1. The summed E-state index contributed by atoms with van der Waals surface area (Å²) in [5.74, 6) is 1.59. The summed E-state index contributed by atoms with van der Waals surface area (Å²) in [4.78, 5) is 11.9. The summed E-state index contributed by atoms with van der Waals surface area (Å²) in [6.07, 6.45) is 2.59. The van der Waals surface area contributed by atoms with Gasteiger partial charge in [-0.1, -0.05) is 32.0 Å². The first-order valence-corrected chi connectivity index (χ1v) is 8.31. The summed E-state index contributed by atoms with van der Waals surface area (Å²) in [6.45, 7) is 4.19. The minimum Gasteiger partial charge on any atom is -0.497 e. The fourth-order valence-electron chi connectivity index (χ4n) is 2.28. The number of amides is 1. The molecule has 0 aromatic heterocycles. The lowest BCUT2D eigenvalue weighted by molar-refractivity contribution is -0.123. The van der Waals surface area contributed by atoms with Crippen LogP contribution in [0.3, 0.4) is 0 Å². The van der Waals surface area contributed by atoms with Gasteiger partial charge in [-0.2, -0.15) is 5.10 Å². The van der Waals surface area contributed by atoms with E-state index >= 15 is 0 Å². The van der Waals surface area contributed by atoms with Crippen LogP contribution in [0.4, 0.5) is 0 Å². The first-order valence-electron chi connectivity index (χ1n) is 8.31. The Hall–Kier alpha value is -2.82. The summed E-state index contributed by atoms with van der Waals surface area (Å²) in [6, 6.07) is 15.2. The average Bonchev–Trinajstić information content (AvgIpc) is 2.66. The van der Waals surface area contributed by atoms with Crippen molar-refractivity contribution in [1.29, 1.82) is 0 Å². The summed E-state index contributed by atoms with van der Waals surface area (Å²) in [5, 5.41) is 3.94. The number of hydrazone groups is 1. The number of rotatable bonds is 8. The van der Waals surface area contributed by atoms with E-state index in [1.165, 1.54) is 0 Å². The molecule has 0 radical (unpaired) electrons. The highest BCUT2D eigenvalue weighted by molar-refractivity contribution is 5.83. The lowest BCUT2D eigenvalue weighted by Gasteiger charge is -2.15. The molecule has 132 valence electrons. The van der Waals surface area contributed by atoms with Crippen LogP contribution in [0.15, 0.2) is 53.6 Å². The lowest BCUT2D eigenvalue weighted by Crippen LogP contribution is -2.24. The number of carbonyl (C=O) groups excluding carboxylic acids is 1. The van der Waals surface area contributed by atoms with Gasteiger partial charge in [-0.25, -0.2) is 5.43 Å². The molecule has 0 aliphatic rings. The van der Waals surface area contributed by atoms with E-state index in [9.17, 15) is 4.79 Å². The molecule has 0 bridgehead atoms. The molecule has 5 nitrogen and oxygen atoms in total. The van der Waals surface area contributed by atoms with Gasteiger partial charge in [-0.15, -0.1) is 0 Å². The van der Waals surface area contributed by atoms with E-state index in [0.717, 1.165) is 29.0 Å². The molecule has 0 aliphatic carbocycles. The second-order valence-corrected chi connectivity index (χ2v) is 5.70. The molecular formula is C20H24N2O3. The third kappa shape index (κ3) is 5.64. The topological polar surface area (TPSA) is 59.9 Å². The molecule has 2 rings (SSSR count). The maximum atomic E-state index is 11.9. The predicted octanol–water partition coefficient (Wildman–Crippen LogP) is 3.74. The van der Waals surface area contributed by atoms with Gasteiger partial charge in [-0.3, -0.25) is 4.79 Å². The number of para-hydroxylation sites is 1. The highest BCUT2D eigenvalue weighted by Crippen LogP contribution is 2.28. The van der Waals surface area contributed by atoms with Gasteiger partial charge < -0.3 is 9.47 Å². The zero-order chi connectivity index (χ0) is 18.1. The van der Waals surface area contributed by atoms with Gasteiger partial charge in [0.1, 0.15) is 11.5 Å². The molecule has 0 spiro atoms. The van der Waals surface area contributed by atoms with E-state index < -0.39 is 0 Å². The van der Waals surface area contributed by atoms with Gasteiger partial charge in [0.15, 0.2) is 6.61 Å². The van der Waals surface area contributed by atoms with Crippen molar-refractivity contribution in [2.24, 2.45) is 5.10 Å². The first-order chi connectivity index (χ1) is 12.1. The number of nitrogens with one attached hydrogen (secondary N) is 1. The molecule has 2 aromatic rings. The van der Waals surface area contributed by atoms with Crippen LogP contribution in [0.5, 0.6) is 11.5 Å². The maximum Gasteiger partial charge on any atom is 0.277 e. The molecule has 2 aromatic carbocycles. The predicted molar refractivity (Wildman–Crippen MR) is 99.4 cm³/mol. The Morgan fingerprint density at radius 2 is 1.92 bits per heavy atom. The molecule has 0 heterocycles. The molecular weight excluding hydrogens is 316 g/mol. The first kappa shape index (κ1) is 18.5. The van der Waals surface area contributed by atoms with Gasteiger partial charge >= 0.3 is 0 Å². The van der Waals surface area contributed by atoms with E-state index in [1.807, 2.05) is 48.5 Å². The zero-order valence-corrected chi connectivity index (χ0v) is 14.9. The van der Waals surface area contributed by atoms with E-state index in [1.54, 1.807) is 13.3 Å². The summed E-state index contributed by atoms with van der Waals surface area (Å²) in [5.41, 5.74) is 4.44. The van der Waals surface area contributed by atoms with Crippen molar-refractivity contribution in [3.8, 4) is 11.5 Å². The van der Waals surface area contributed by atoms with Crippen LogP contribution in [-0.4, -0.2) is 25.8 Å². The maximum absolute atomic E-state index is 11.9. The second kappa shape index (κ2) is 9.47. The third-order valence-corrected chi connectivity index (χ3v) is 3.94. The lowest BCUT2D eigenvalue weighted by atomic mass is 9.98. The number of hydrogen-bond acceptors (Lipinski definition) is 4. The van der Waals surface area contributed by atoms with E-state index in [-0.39, 0.29) is 12.5 Å². The molecule has 0 saturated carbocycles. The normalized spacial score (nSPS) is 12.0. The van der Waals surface area contributed by atoms with Gasteiger partial charge in [0.2, 0.25) is 0 Å². The molecule has 0 fully saturated rings. The van der Waals surface area contributed by atoms with Gasteiger partial charge in [-0.05, 0) is 53.8 Å². The fourth-order valence-corrected chi connectivity index (χ4v) is 2.28. The molecule has 1 atom stereocenters. The minimum atomic E-state index is -0.302. The summed E-state index contributed by atoms with van der Waals surface area (Å²) >= 11 is 0. The SMILES string of the molecule is CCC(C)c1ccccc1OCC(=O)NN=Cc1ccc(OC)cc1. The Morgan fingerprint density at radius 3 is 2.60 bits per heavy atom. The number of ether oxygens (including phenoxy) is 2. The smallest absolute Gasteiger partial charge is 0.277 e. The van der Waals surface area contributed by atoms with Crippen LogP contribution in [0.1, 0.15) is 37.3 Å². The molecule has 25 heavy (non-hydrogen) atoms. The Bertz CT molecular complexity index is 711. The second-order valence-electron chi connectivity index (χ2n) is 5.70. The highest BCUT2D eigenvalue weighted by Gasteiger charge is 2.10. The molecule has 1 unspecified atom stereocenters. The van der Waals surface area contributed by atoms with Crippen LogP contribution in [0.2, 0.25) is 0 Å². The van der Waals surface area contributed by atoms with Crippen LogP contribution in [-0.2, 0) is 4.79 Å². The number of benzene rings is 2. The van der Waals surface area contributed by atoms with Gasteiger partial charge in [0, 0.05) is 0 Å². The number of nitrogens with zero attached hydrogens (tertiary/aromatic N) is 1. The van der Waals surface area contributed by atoms with Crippen LogP contribution < -0.4 is 14.9 Å². The van der Waals surface area contributed by atoms with Crippen molar-refractivity contribution in [2.75, 3.05) is 13.7 Å². The Labute approximate surface area is 148 Å². The average molecular weight is 340 g/mol. The van der Waals surface area contributed by atoms with Crippen molar-refractivity contribution < 1.29 is 14.3 Å². The van der Waals surface area contributed by atoms with Crippen molar-refractivity contribution in [2.45, 2.75) is 26.2 Å². The van der Waals surface area contributed by atoms with Crippen molar-refractivity contribution in [3.63, 3.8) is 0 Å². The largest absolute Gasteiger partial charge is 0.497 e. The Kier molecular flexibility index (Phi) is 7.01. The molecule has 1 N–H and O–H groups in total. The fraction of sp³-hybridized carbons (Fsp3) is 0.300. The monoisotopic (exact) mass is 340 g/mol. The van der Waals surface area contributed by atoms with Crippen LogP contribution in [0, 0.1) is 0 Å². The minimum absolute atomic E-state index is 0.0760. The van der Waals surface area contributed by atoms with E-state index in [2.05, 4.69) is 24.4 Å². The zero-order valence-electron chi connectivity index (χ0n) is 14.9. The number of hydrogen-bond donors (Lipinski definition) is 1. The summed E-state index contributed by atoms with van der Waals surface area (Å²) < 4.78 is 10.7. The molecule has 5 heteroatoms. The Morgan fingerprint density at radius 1 is 1.20 bits per heavy atom. The molecule has 0 aliphatic heterocycles. The molecule has 1 amide bonds. The van der Waals surface area contributed by atoms with Crippen LogP contribution in [0.25, 0.3) is 0 Å². The quantitative estimate of drug-likeness (QED) is 0.588. The van der Waals surface area contributed by atoms with E-state index in [4.69, 9.17) is 9.47 Å². The number of methoxy groups -OCH3 is 1. The van der Waals surface area contributed by atoms with Crippen LogP contribution >= 0.6 is 0 Å². The standard InChI is InChI=1S/C20H24N2O3/c1-4-15(2)18-7-5-6-8-19(18)25-14-20(23)22-21-13-16-9-11-17(24-3)12-10-16/h5-13,15H,4,14H2,1-3H3,(H,22,23). The van der Waals surface area contributed by atoms with E-state index in [0.29, 0.717) is 5.92 Å². The van der Waals surface area contributed by atoms with Crippen molar-refractivity contribution in [1.82, 2.24) is 5.43 Å². The van der Waals surface area contributed by atoms with Crippen molar-refractivity contribution in [3.05, 3.63) is 59.7 Å². The third-order valence-electron chi connectivity index (χ3n) is 3.94. The highest BCUT2D eigenvalue weighted by atomic mass is 16.5. The van der Waals surface area contributed by atoms with Gasteiger partial charge in [0.05, 0.1) is 13.3 Å². The molecule has 0 saturated heterocycles. The Balaban J connectivity index is 1.85.